The van der Waals surface area contributed by atoms with Crippen LogP contribution in [0, 0.1) is 0 Å². The summed E-state index contributed by atoms with van der Waals surface area (Å²) in [5, 5.41) is 0. The van der Waals surface area contributed by atoms with E-state index in [1.165, 1.54) is 4.68 Å². The van der Waals surface area contributed by atoms with Crippen LogP contribution >= 0.6 is 0 Å². The molecule has 1 heterocycles. The van der Waals surface area contributed by atoms with Crippen LogP contribution in [0.3, 0.4) is 0 Å². The van der Waals surface area contributed by atoms with Crippen molar-refractivity contribution in [1.29, 1.82) is 0 Å². The third-order valence-corrected chi connectivity index (χ3v) is 0.739. The molecule has 0 unspecified atom stereocenters. The maximum atomic E-state index is 9.19. The molecular formula is C6H11N2O3S+. The highest BCUT2D eigenvalue weighted by Crippen LogP contribution is 1.70. The number of nitrogens with zero attached hydrogens (tertiary/aromatic N) is 1. The van der Waals surface area contributed by atoms with Gasteiger partial charge < -0.3 is 0 Å². The van der Waals surface area contributed by atoms with Gasteiger partial charge in [0.1, 0.15) is 0 Å². The molecule has 0 radical (unpaired) electrons. The molecule has 0 saturated carbocycles. The van der Waals surface area contributed by atoms with Gasteiger partial charge in [-0.05, 0) is 0 Å². The predicted molar refractivity (Wildman–Crippen MR) is 44.3 cm³/mol. The van der Waals surface area contributed by atoms with Crippen LogP contribution in [-0.2, 0) is 10.1 Å². The number of pyridine rings is 1. The van der Waals surface area contributed by atoms with Crippen LogP contribution in [0.15, 0.2) is 30.6 Å². The molecule has 1 aromatic heterocycles. The van der Waals surface area contributed by atoms with Crippen LogP contribution in [0.5, 0.6) is 0 Å². The Labute approximate surface area is 71.2 Å². The van der Waals surface area contributed by atoms with E-state index in [0.717, 1.165) is 0 Å². The molecule has 12 heavy (non-hydrogen) atoms. The summed E-state index contributed by atoms with van der Waals surface area (Å²) in [6.07, 6.45) is 4.27. The van der Waals surface area contributed by atoms with E-state index in [1.54, 1.807) is 12.4 Å². The summed E-state index contributed by atoms with van der Waals surface area (Å²) < 4.78 is 27.4. The van der Waals surface area contributed by atoms with Crippen LogP contribution in [0.1, 0.15) is 0 Å². The summed E-state index contributed by atoms with van der Waals surface area (Å²) in [6.45, 7) is 0. The number of nitrogens with two attached hydrogens (primary N) is 1. The first-order valence-electron chi connectivity index (χ1n) is 3.03. The van der Waals surface area contributed by atoms with Gasteiger partial charge in [-0.3, -0.25) is 4.55 Å². The molecule has 0 amide bonds. The minimum Gasteiger partial charge on any atom is -0.286 e. The Hall–Kier alpha value is -1.14. The van der Waals surface area contributed by atoms with Gasteiger partial charge in [-0.1, -0.05) is 10.7 Å². The second-order valence-corrected chi connectivity index (χ2v) is 3.52. The van der Waals surface area contributed by atoms with E-state index >= 15 is 0 Å². The van der Waals surface area contributed by atoms with E-state index in [-0.39, 0.29) is 0 Å². The summed E-state index contributed by atoms with van der Waals surface area (Å²) in [5.74, 6) is 5.27. The van der Waals surface area contributed by atoms with Gasteiger partial charge >= 0.3 is 0 Å². The molecule has 68 valence electrons. The molecule has 6 heteroatoms. The first kappa shape index (κ1) is 10.9. The van der Waals surface area contributed by atoms with Crippen molar-refractivity contribution in [3.8, 4) is 0 Å². The minimum atomic E-state index is -3.67. The van der Waals surface area contributed by atoms with E-state index in [4.69, 9.17) is 10.4 Å². The van der Waals surface area contributed by atoms with E-state index in [2.05, 4.69) is 0 Å². The summed E-state index contributed by atoms with van der Waals surface area (Å²) in [6, 6.07) is 5.67. The number of hydrogen-bond donors (Lipinski definition) is 2. The molecule has 0 aliphatic rings. The highest BCUT2D eigenvalue weighted by molar-refractivity contribution is 7.85. The summed E-state index contributed by atoms with van der Waals surface area (Å²) in [4.78, 5) is 0. The van der Waals surface area contributed by atoms with Crippen molar-refractivity contribution in [1.82, 2.24) is 0 Å². The predicted octanol–water partition coefficient (Wildman–Crippen LogP) is -0.808. The second-order valence-electron chi connectivity index (χ2n) is 2.06. The summed E-state index contributed by atoms with van der Waals surface area (Å²) in [7, 11) is -3.67. The van der Waals surface area contributed by atoms with Gasteiger partial charge in [0.05, 0.1) is 6.26 Å². The van der Waals surface area contributed by atoms with Crippen molar-refractivity contribution >= 4 is 10.1 Å². The van der Waals surface area contributed by atoms with E-state index in [9.17, 15) is 8.42 Å². The molecule has 0 saturated heterocycles. The Morgan fingerprint density at radius 1 is 1.25 bits per heavy atom. The van der Waals surface area contributed by atoms with Crippen LogP contribution in [-0.4, -0.2) is 19.2 Å². The molecule has 5 nitrogen and oxygen atoms in total. The zero-order valence-corrected chi connectivity index (χ0v) is 7.40. The van der Waals surface area contributed by atoms with Crippen molar-refractivity contribution < 1.29 is 17.6 Å². The van der Waals surface area contributed by atoms with Crippen molar-refractivity contribution in [3.05, 3.63) is 30.6 Å². The van der Waals surface area contributed by atoms with Gasteiger partial charge in [0.2, 0.25) is 0 Å². The van der Waals surface area contributed by atoms with Crippen molar-refractivity contribution in [2.24, 2.45) is 0 Å². The molecule has 1 aromatic rings. The average molecular weight is 191 g/mol. The smallest absolute Gasteiger partial charge is 0.261 e. The number of rotatable bonds is 0. The number of nitrogen functional groups attached to an aromatic ring is 1. The standard InChI is InChI=1S/C5H7N2.CH4O3S/c6-7-4-2-1-3-5-7;1-5(2,3)4/h1-5H,6H2;1H3,(H,2,3,4)/q+1;. The van der Waals surface area contributed by atoms with Gasteiger partial charge in [-0.2, -0.15) is 8.42 Å². The first-order valence-corrected chi connectivity index (χ1v) is 4.88. The number of hydrogen-bond acceptors (Lipinski definition) is 3. The maximum absolute atomic E-state index is 9.19. The van der Waals surface area contributed by atoms with E-state index in [1.807, 2.05) is 18.2 Å². The fourth-order valence-electron chi connectivity index (χ4n) is 0.412. The third-order valence-electron chi connectivity index (χ3n) is 0.739. The molecule has 0 aliphatic carbocycles. The Bertz CT molecular complexity index is 301. The largest absolute Gasteiger partial charge is 0.286 e. The van der Waals surface area contributed by atoms with Gasteiger partial charge in [0.25, 0.3) is 10.1 Å². The van der Waals surface area contributed by atoms with Gasteiger partial charge in [0, 0.05) is 12.1 Å². The fraction of sp³-hybridized carbons (Fsp3) is 0.167. The maximum Gasteiger partial charge on any atom is 0.261 e. The fourth-order valence-corrected chi connectivity index (χ4v) is 0.412. The van der Waals surface area contributed by atoms with Crippen LogP contribution in [0.4, 0.5) is 0 Å². The van der Waals surface area contributed by atoms with Gasteiger partial charge in [0.15, 0.2) is 12.4 Å². The third kappa shape index (κ3) is 11.6. The normalized spacial score (nSPS) is 9.83. The SMILES string of the molecule is CS(=O)(=O)O.N[n+]1ccccc1. The zero-order valence-electron chi connectivity index (χ0n) is 6.58. The molecule has 0 atom stereocenters. The van der Waals surface area contributed by atoms with E-state index in [0.29, 0.717) is 6.26 Å². The molecule has 3 N–H and O–H groups in total. The Kier molecular flexibility index (Phi) is 4.24. The van der Waals surface area contributed by atoms with Crippen LogP contribution in [0.25, 0.3) is 0 Å². The van der Waals surface area contributed by atoms with Gasteiger partial charge in [-0.25, -0.2) is 5.84 Å². The molecule has 0 spiro atoms. The number of aromatic nitrogens is 1. The van der Waals surface area contributed by atoms with Gasteiger partial charge in [-0.15, -0.1) is 0 Å². The highest BCUT2D eigenvalue weighted by atomic mass is 32.2. The first-order chi connectivity index (χ1) is 5.39. The molecule has 0 fully saturated rings. The topological polar surface area (TPSA) is 84.3 Å². The minimum absolute atomic E-state index is 0.715. The van der Waals surface area contributed by atoms with Crippen molar-refractivity contribution in [3.63, 3.8) is 0 Å². The lowest BCUT2D eigenvalue weighted by Crippen LogP contribution is -2.42. The Morgan fingerprint density at radius 2 is 1.58 bits per heavy atom. The Balaban J connectivity index is 0.000000217. The lowest BCUT2D eigenvalue weighted by Gasteiger charge is -1.76. The van der Waals surface area contributed by atoms with Crippen molar-refractivity contribution in [2.45, 2.75) is 0 Å². The molecular weight excluding hydrogens is 180 g/mol. The lowest BCUT2D eigenvalue weighted by molar-refractivity contribution is -0.638. The lowest BCUT2D eigenvalue weighted by atomic mass is 10.5. The van der Waals surface area contributed by atoms with Crippen molar-refractivity contribution in [2.75, 3.05) is 12.1 Å². The summed E-state index contributed by atoms with van der Waals surface area (Å²) >= 11 is 0. The molecule has 1 rings (SSSR count). The molecule has 0 aromatic carbocycles. The summed E-state index contributed by atoms with van der Waals surface area (Å²) in [5.41, 5.74) is 0. The average Bonchev–Trinajstić information content (AvgIpc) is 1.85. The van der Waals surface area contributed by atoms with Crippen LogP contribution in [0.2, 0.25) is 0 Å². The molecule has 0 bridgehead atoms. The zero-order chi connectivity index (χ0) is 9.61. The quantitative estimate of drug-likeness (QED) is 0.319. The molecule has 0 aliphatic heterocycles. The second kappa shape index (κ2) is 4.68. The monoisotopic (exact) mass is 191 g/mol. The van der Waals surface area contributed by atoms with Crippen LogP contribution < -0.4 is 10.5 Å². The Morgan fingerprint density at radius 3 is 1.75 bits per heavy atom. The van der Waals surface area contributed by atoms with E-state index < -0.39 is 10.1 Å². The highest BCUT2D eigenvalue weighted by Gasteiger charge is 1.81.